The SMILES string of the molecule is CN\C=C(/C=C\C(=C\N)C1=CC=C(C(c2cccc(O)c2O)c2cccc(O)c2O)C=CC1(C)C)C(c1cccc(O)c1O)c1cccc(O)c1O. The molecule has 0 radical (unpaired) electrons. The van der Waals surface area contributed by atoms with Gasteiger partial charge in [-0.25, -0.2) is 0 Å². The Morgan fingerprint density at radius 3 is 1.52 bits per heavy atom. The Hall–Kier alpha value is -6.68. The van der Waals surface area contributed by atoms with Crippen molar-refractivity contribution in [2.45, 2.75) is 25.7 Å². The minimum Gasteiger partial charge on any atom is -0.504 e. The normalized spacial score (nSPS) is 14.8. The number of phenols is 8. The number of aromatic hydroxyl groups is 8. The van der Waals surface area contributed by atoms with Crippen molar-refractivity contribution >= 4 is 0 Å². The van der Waals surface area contributed by atoms with Crippen LogP contribution in [0, 0.1) is 5.41 Å². The lowest BCUT2D eigenvalue weighted by Crippen LogP contribution is -2.13. The smallest absolute Gasteiger partial charge is 0.161 e. The topological polar surface area (TPSA) is 200 Å². The van der Waals surface area contributed by atoms with E-state index in [2.05, 4.69) is 5.32 Å². The molecular weight excluding hydrogens is 660 g/mol. The third kappa shape index (κ3) is 7.13. The lowest BCUT2D eigenvalue weighted by atomic mass is 9.79. The number of hydrogen-bond acceptors (Lipinski definition) is 10. The van der Waals surface area contributed by atoms with Gasteiger partial charge in [-0.2, -0.15) is 0 Å². The van der Waals surface area contributed by atoms with Crippen molar-refractivity contribution in [2.75, 3.05) is 7.05 Å². The van der Waals surface area contributed by atoms with Crippen LogP contribution in [-0.4, -0.2) is 47.9 Å². The zero-order valence-corrected chi connectivity index (χ0v) is 28.9. The third-order valence-electron chi connectivity index (χ3n) is 9.18. The van der Waals surface area contributed by atoms with Crippen molar-refractivity contribution < 1.29 is 40.9 Å². The van der Waals surface area contributed by atoms with Gasteiger partial charge in [0, 0.05) is 59.0 Å². The number of nitrogens with two attached hydrogens (primary N) is 1. The lowest BCUT2D eigenvalue weighted by Gasteiger charge is -2.26. The quantitative estimate of drug-likeness (QED) is 0.0593. The number of rotatable bonds is 10. The highest BCUT2D eigenvalue weighted by Crippen LogP contribution is 2.49. The van der Waals surface area contributed by atoms with Crippen LogP contribution in [-0.2, 0) is 0 Å². The van der Waals surface area contributed by atoms with Gasteiger partial charge in [0.05, 0.1) is 0 Å². The fourth-order valence-corrected chi connectivity index (χ4v) is 6.50. The number of hydrogen-bond donors (Lipinski definition) is 10. The molecule has 268 valence electrons. The van der Waals surface area contributed by atoms with Gasteiger partial charge >= 0.3 is 0 Å². The molecule has 0 aliphatic heterocycles. The second-order valence-corrected chi connectivity index (χ2v) is 12.9. The Balaban J connectivity index is 1.64. The van der Waals surface area contributed by atoms with Crippen LogP contribution >= 0.6 is 0 Å². The maximum Gasteiger partial charge on any atom is 0.161 e. The monoisotopic (exact) mass is 702 g/mol. The first-order chi connectivity index (χ1) is 24.8. The summed E-state index contributed by atoms with van der Waals surface area (Å²) in [5.74, 6) is -4.56. The minimum atomic E-state index is -0.866. The molecule has 4 aromatic carbocycles. The van der Waals surface area contributed by atoms with Crippen LogP contribution in [0.25, 0.3) is 0 Å². The Morgan fingerprint density at radius 1 is 0.635 bits per heavy atom. The van der Waals surface area contributed by atoms with Gasteiger partial charge in [0.1, 0.15) is 0 Å². The van der Waals surface area contributed by atoms with E-state index in [0.29, 0.717) is 27.8 Å². The summed E-state index contributed by atoms with van der Waals surface area (Å²) in [6.07, 6.45) is 14.1. The molecule has 0 fully saturated rings. The van der Waals surface area contributed by atoms with E-state index in [1.165, 1.54) is 30.5 Å². The molecule has 52 heavy (non-hydrogen) atoms. The van der Waals surface area contributed by atoms with Crippen LogP contribution in [0.4, 0.5) is 0 Å². The summed E-state index contributed by atoms with van der Waals surface area (Å²) in [5.41, 5.74) is 9.31. The number of benzene rings is 4. The maximum atomic E-state index is 11.0. The van der Waals surface area contributed by atoms with Gasteiger partial charge in [0.25, 0.3) is 0 Å². The van der Waals surface area contributed by atoms with Crippen molar-refractivity contribution in [3.05, 3.63) is 166 Å². The summed E-state index contributed by atoms with van der Waals surface area (Å²) in [7, 11) is 1.69. The van der Waals surface area contributed by atoms with E-state index in [4.69, 9.17) is 5.73 Å². The van der Waals surface area contributed by atoms with Crippen molar-refractivity contribution in [2.24, 2.45) is 11.1 Å². The predicted molar refractivity (Wildman–Crippen MR) is 200 cm³/mol. The highest BCUT2D eigenvalue weighted by molar-refractivity contribution is 5.63. The Bertz CT molecular complexity index is 2070. The lowest BCUT2D eigenvalue weighted by molar-refractivity contribution is 0.393. The Kier molecular flexibility index (Phi) is 10.6. The number of para-hydroxylation sites is 4. The zero-order valence-electron chi connectivity index (χ0n) is 28.9. The highest BCUT2D eigenvalue weighted by Gasteiger charge is 2.30. The molecule has 0 saturated heterocycles. The van der Waals surface area contributed by atoms with Gasteiger partial charge in [-0.15, -0.1) is 0 Å². The molecule has 0 atom stereocenters. The summed E-state index contributed by atoms with van der Waals surface area (Å²) in [6, 6.07) is 18.2. The molecule has 1 aliphatic rings. The first kappa shape index (κ1) is 36.6. The summed E-state index contributed by atoms with van der Waals surface area (Å²) in [6.45, 7) is 3.97. The van der Waals surface area contributed by atoms with E-state index in [-0.39, 0.29) is 57.1 Å². The molecular formula is C42H42N2O8. The van der Waals surface area contributed by atoms with Crippen molar-refractivity contribution in [3.63, 3.8) is 0 Å². The second kappa shape index (κ2) is 15.1. The third-order valence-corrected chi connectivity index (χ3v) is 9.18. The molecule has 10 heteroatoms. The van der Waals surface area contributed by atoms with E-state index in [0.717, 1.165) is 5.57 Å². The average Bonchev–Trinajstić information content (AvgIpc) is 3.26. The molecule has 10 nitrogen and oxygen atoms in total. The molecule has 0 heterocycles. The van der Waals surface area contributed by atoms with E-state index < -0.39 is 17.3 Å². The molecule has 1 aliphatic carbocycles. The molecule has 0 saturated carbocycles. The molecule has 0 bridgehead atoms. The van der Waals surface area contributed by atoms with Crippen LogP contribution in [0.5, 0.6) is 46.0 Å². The van der Waals surface area contributed by atoms with Crippen LogP contribution < -0.4 is 11.1 Å². The van der Waals surface area contributed by atoms with E-state index >= 15 is 0 Å². The molecule has 0 spiro atoms. The van der Waals surface area contributed by atoms with E-state index in [1.807, 2.05) is 38.2 Å². The van der Waals surface area contributed by atoms with Gasteiger partial charge in [-0.1, -0.05) is 98.8 Å². The second-order valence-electron chi connectivity index (χ2n) is 12.9. The average molecular weight is 703 g/mol. The van der Waals surface area contributed by atoms with Crippen molar-refractivity contribution in [3.8, 4) is 46.0 Å². The molecule has 0 unspecified atom stereocenters. The zero-order chi connectivity index (χ0) is 37.7. The van der Waals surface area contributed by atoms with Crippen molar-refractivity contribution in [1.82, 2.24) is 5.32 Å². The van der Waals surface area contributed by atoms with Crippen LogP contribution in [0.1, 0.15) is 47.9 Å². The molecule has 4 aromatic rings. The van der Waals surface area contributed by atoms with E-state index in [9.17, 15) is 40.9 Å². The predicted octanol–water partition coefficient (Wildman–Crippen LogP) is 7.25. The van der Waals surface area contributed by atoms with Crippen LogP contribution in [0.2, 0.25) is 0 Å². The molecule has 0 amide bonds. The van der Waals surface area contributed by atoms with Gasteiger partial charge < -0.3 is 51.9 Å². The number of phenolic OH excluding ortho intramolecular Hbond substituents is 8. The van der Waals surface area contributed by atoms with Crippen molar-refractivity contribution in [1.29, 1.82) is 0 Å². The fraction of sp³-hybridized carbons (Fsp3) is 0.143. The molecule has 0 aromatic heterocycles. The fourth-order valence-electron chi connectivity index (χ4n) is 6.50. The Morgan fingerprint density at radius 2 is 1.08 bits per heavy atom. The molecule has 11 N–H and O–H groups in total. The number of allylic oxidation sites excluding steroid dienone is 10. The highest BCUT2D eigenvalue weighted by atomic mass is 16.3. The summed E-state index contributed by atoms with van der Waals surface area (Å²) < 4.78 is 0. The summed E-state index contributed by atoms with van der Waals surface area (Å²) in [4.78, 5) is 0. The van der Waals surface area contributed by atoms with Crippen LogP contribution in [0.15, 0.2) is 144 Å². The largest absolute Gasteiger partial charge is 0.504 e. The standard InChI is InChI=1S/C42H42N2O8/c1-42(2)21-20-24(36(27-8-4-12-32(45)38(27)49)28-9-5-13-33(46)39(28)50)18-19-31(42)25(22-43)16-17-26(23-44-3)37(29-10-6-14-34(47)40(29)51)30-11-7-15-35(48)41(30)52/h4-23,36-37,44-52H,43H2,1-3H3/b17-16-,25-22-,26-23+. The first-order valence-corrected chi connectivity index (χ1v) is 16.4. The van der Waals surface area contributed by atoms with Gasteiger partial charge in [-0.3, -0.25) is 0 Å². The van der Waals surface area contributed by atoms with Gasteiger partial charge in [-0.05, 0) is 46.6 Å². The molecule has 5 rings (SSSR count). The first-order valence-electron chi connectivity index (χ1n) is 16.4. The van der Waals surface area contributed by atoms with E-state index in [1.54, 1.807) is 73.9 Å². The van der Waals surface area contributed by atoms with Gasteiger partial charge in [0.2, 0.25) is 0 Å². The van der Waals surface area contributed by atoms with Gasteiger partial charge in [0.15, 0.2) is 46.0 Å². The summed E-state index contributed by atoms with van der Waals surface area (Å²) >= 11 is 0. The maximum absolute atomic E-state index is 11.0. The number of nitrogens with one attached hydrogen (secondary N) is 1. The Labute approximate surface area is 301 Å². The minimum absolute atomic E-state index is 0.270. The summed E-state index contributed by atoms with van der Waals surface area (Å²) in [5, 5.41) is 88.4. The van der Waals surface area contributed by atoms with Crippen LogP contribution in [0.3, 0.4) is 0 Å².